The predicted octanol–water partition coefficient (Wildman–Crippen LogP) is 0.921. The maximum atomic E-state index is 11.8. The Kier molecular flexibility index (Phi) is 8.88. The lowest BCUT2D eigenvalue weighted by molar-refractivity contribution is -0.139. The molecule has 0 bridgehead atoms. The minimum absolute atomic E-state index is 0.0453. The molecule has 0 unspecified atom stereocenters. The van der Waals surface area contributed by atoms with Crippen molar-refractivity contribution < 1.29 is 33.3 Å². The molecular formula is C18H25NO7. The Morgan fingerprint density at radius 1 is 1.08 bits per heavy atom. The molecule has 0 aliphatic carbocycles. The van der Waals surface area contributed by atoms with Crippen LogP contribution in [0.15, 0.2) is 18.2 Å². The van der Waals surface area contributed by atoms with Gasteiger partial charge >= 0.3 is 5.97 Å². The van der Waals surface area contributed by atoms with Gasteiger partial charge in [0.1, 0.15) is 25.2 Å². The number of fused-ring (bicyclic) bond motifs is 1. The van der Waals surface area contributed by atoms with Crippen molar-refractivity contribution in [3.05, 3.63) is 23.8 Å². The first kappa shape index (κ1) is 20.2. The number of carbonyl (C=O) groups is 2. The first-order valence-electron chi connectivity index (χ1n) is 8.51. The average Bonchev–Trinajstić information content (AvgIpc) is 2.67. The fourth-order valence-corrected chi connectivity index (χ4v) is 2.41. The molecule has 0 amide bonds. The number of anilines is 1. The zero-order valence-electron chi connectivity index (χ0n) is 15.0. The lowest BCUT2D eigenvalue weighted by atomic mass is 10.2. The summed E-state index contributed by atoms with van der Waals surface area (Å²) in [7, 11) is 1.34. The van der Waals surface area contributed by atoms with Gasteiger partial charge in [-0.15, -0.1) is 0 Å². The van der Waals surface area contributed by atoms with E-state index in [9.17, 15) is 9.59 Å². The van der Waals surface area contributed by atoms with Crippen LogP contribution in [0.5, 0.6) is 5.75 Å². The highest BCUT2D eigenvalue weighted by atomic mass is 16.6. The molecule has 1 aromatic carbocycles. The number of esters is 1. The molecule has 144 valence electrons. The monoisotopic (exact) mass is 367 g/mol. The Balaban J connectivity index is 2.21. The Labute approximate surface area is 152 Å². The van der Waals surface area contributed by atoms with Crippen molar-refractivity contribution in [3.63, 3.8) is 0 Å². The number of methoxy groups -OCH3 is 1. The lowest BCUT2D eigenvalue weighted by Gasteiger charge is -2.26. The van der Waals surface area contributed by atoms with Gasteiger partial charge in [-0.25, -0.2) is 0 Å². The van der Waals surface area contributed by atoms with E-state index in [2.05, 4.69) is 0 Å². The number of carbonyl (C=O) groups excluding carboxylic acids is 2. The maximum Gasteiger partial charge on any atom is 0.325 e. The Morgan fingerprint density at radius 2 is 1.73 bits per heavy atom. The summed E-state index contributed by atoms with van der Waals surface area (Å²) in [6.07, 6.45) is 0.751. The second-order valence-electron chi connectivity index (χ2n) is 5.53. The van der Waals surface area contributed by atoms with Crippen molar-refractivity contribution in [1.29, 1.82) is 0 Å². The number of ether oxygens (including phenoxy) is 5. The van der Waals surface area contributed by atoms with Crippen molar-refractivity contribution in [2.75, 3.05) is 71.3 Å². The van der Waals surface area contributed by atoms with Gasteiger partial charge in [0.05, 0.1) is 52.4 Å². The molecule has 0 radical (unpaired) electrons. The summed E-state index contributed by atoms with van der Waals surface area (Å²) in [5.74, 6) is 0.133. The van der Waals surface area contributed by atoms with Crippen LogP contribution in [-0.4, -0.2) is 78.7 Å². The zero-order valence-corrected chi connectivity index (χ0v) is 15.0. The van der Waals surface area contributed by atoms with E-state index in [1.54, 1.807) is 23.1 Å². The van der Waals surface area contributed by atoms with Crippen LogP contribution in [0, 0.1) is 0 Å². The number of benzene rings is 1. The topological polar surface area (TPSA) is 83.5 Å². The van der Waals surface area contributed by atoms with Gasteiger partial charge in [-0.3, -0.25) is 9.59 Å². The van der Waals surface area contributed by atoms with Crippen LogP contribution in [-0.2, 0) is 23.7 Å². The van der Waals surface area contributed by atoms with Gasteiger partial charge in [0, 0.05) is 12.1 Å². The second-order valence-corrected chi connectivity index (χ2v) is 5.53. The summed E-state index contributed by atoms with van der Waals surface area (Å²) < 4.78 is 27.0. The zero-order chi connectivity index (χ0) is 18.6. The molecule has 1 heterocycles. The van der Waals surface area contributed by atoms with E-state index in [4.69, 9.17) is 23.7 Å². The van der Waals surface area contributed by atoms with Crippen molar-refractivity contribution in [2.24, 2.45) is 0 Å². The molecule has 1 aliphatic heterocycles. The fraction of sp³-hybridized carbons (Fsp3) is 0.556. The van der Waals surface area contributed by atoms with E-state index >= 15 is 0 Å². The highest BCUT2D eigenvalue weighted by Gasteiger charge is 2.17. The normalized spacial score (nSPS) is 17.2. The molecular weight excluding hydrogens is 342 g/mol. The standard InChI is InChI=1S/C18H25NO7/c1-22-18(21)13-19-4-5-23-6-7-24-8-9-25-10-11-26-17-12-15(14-20)2-3-16(17)19/h2-3,12,14H,4-11,13H2,1H3. The van der Waals surface area contributed by atoms with Crippen LogP contribution >= 0.6 is 0 Å². The third-order valence-corrected chi connectivity index (χ3v) is 3.74. The van der Waals surface area contributed by atoms with E-state index in [-0.39, 0.29) is 12.5 Å². The summed E-state index contributed by atoms with van der Waals surface area (Å²) in [4.78, 5) is 24.7. The van der Waals surface area contributed by atoms with Gasteiger partial charge in [0.25, 0.3) is 0 Å². The highest BCUT2D eigenvalue weighted by Crippen LogP contribution is 2.29. The molecule has 26 heavy (non-hydrogen) atoms. The van der Waals surface area contributed by atoms with Crippen molar-refractivity contribution in [1.82, 2.24) is 0 Å². The van der Waals surface area contributed by atoms with E-state index < -0.39 is 0 Å². The molecule has 1 aliphatic rings. The number of hydrogen-bond acceptors (Lipinski definition) is 8. The van der Waals surface area contributed by atoms with Gasteiger partial charge < -0.3 is 28.6 Å². The molecule has 8 heteroatoms. The minimum atomic E-state index is -0.375. The number of hydrogen-bond donors (Lipinski definition) is 0. The van der Waals surface area contributed by atoms with Crippen LogP contribution in [0.25, 0.3) is 0 Å². The van der Waals surface area contributed by atoms with Crippen molar-refractivity contribution in [3.8, 4) is 5.75 Å². The van der Waals surface area contributed by atoms with Crippen molar-refractivity contribution >= 4 is 17.9 Å². The van der Waals surface area contributed by atoms with Gasteiger partial charge in [-0.1, -0.05) is 0 Å². The van der Waals surface area contributed by atoms with Gasteiger partial charge in [-0.05, 0) is 18.2 Å². The molecule has 0 saturated carbocycles. The van der Waals surface area contributed by atoms with E-state index in [0.717, 1.165) is 6.29 Å². The van der Waals surface area contributed by atoms with Crippen LogP contribution in [0.2, 0.25) is 0 Å². The predicted molar refractivity (Wildman–Crippen MR) is 94.0 cm³/mol. The highest BCUT2D eigenvalue weighted by molar-refractivity contribution is 5.80. The van der Waals surface area contributed by atoms with Crippen molar-refractivity contribution in [2.45, 2.75) is 0 Å². The third-order valence-electron chi connectivity index (χ3n) is 3.74. The lowest BCUT2D eigenvalue weighted by Crippen LogP contribution is -2.34. The van der Waals surface area contributed by atoms with E-state index in [0.29, 0.717) is 69.8 Å². The number of aldehydes is 1. The minimum Gasteiger partial charge on any atom is -0.489 e. The largest absolute Gasteiger partial charge is 0.489 e. The fourth-order valence-electron chi connectivity index (χ4n) is 2.41. The first-order chi connectivity index (χ1) is 12.7. The smallest absolute Gasteiger partial charge is 0.325 e. The Bertz CT molecular complexity index is 579. The van der Waals surface area contributed by atoms with Gasteiger partial charge in [0.2, 0.25) is 0 Å². The molecule has 0 fully saturated rings. The Morgan fingerprint density at radius 3 is 2.38 bits per heavy atom. The summed E-state index contributed by atoms with van der Waals surface area (Å²) in [6, 6.07) is 5.08. The third kappa shape index (κ3) is 6.62. The van der Waals surface area contributed by atoms with Crippen LogP contribution in [0.1, 0.15) is 10.4 Å². The number of rotatable bonds is 3. The molecule has 0 N–H and O–H groups in total. The van der Waals surface area contributed by atoms with E-state index in [1.165, 1.54) is 7.11 Å². The molecule has 2 rings (SSSR count). The van der Waals surface area contributed by atoms with Crippen LogP contribution in [0.4, 0.5) is 5.69 Å². The van der Waals surface area contributed by atoms with Crippen LogP contribution in [0.3, 0.4) is 0 Å². The SMILES string of the molecule is COC(=O)CN1CCOCCOCCOCCOc2cc(C=O)ccc21. The summed E-state index contributed by atoms with van der Waals surface area (Å²) in [5.41, 5.74) is 1.18. The second kappa shape index (κ2) is 11.5. The average molecular weight is 367 g/mol. The summed E-state index contributed by atoms with van der Waals surface area (Å²) in [5, 5.41) is 0. The van der Waals surface area contributed by atoms with Gasteiger partial charge in [-0.2, -0.15) is 0 Å². The quantitative estimate of drug-likeness (QED) is 0.576. The number of nitrogens with zero attached hydrogens (tertiary/aromatic N) is 1. The summed E-state index contributed by atoms with van der Waals surface area (Å²) >= 11 is 0. The maximum absolute atomic E-state index is 11.8. The first-order valence-corrected chi connectivity index (χ1v) is 8.51. The van der Waals surface area contributed by atoms with E-state index in [1.807, 2.05) is 0 Å². The van der Waals surface area contributed by atoms with Crippen LogP contribution < -0.4 is 9.64 Å². The molecule has 0 saturated heterocycles. The molecule has 0 atom stereocenters. The summed E-state index contributed by atoms with van der Waals surface area (Å²) in [6.45, 7) is 3.52. The molecule has 0 spiro atoms. The van der Waals surface area contributed by atoms with Gasteiger partial charge in [0.15, 0.2) is 0 Å². The molecule has 0 aromatic heterocycles. The Hall–Kier alpha value is -2.16. The molecule has 8 nitrogen and oxygen atoms in total. The molecule has 1 aromatic rings.